The molecule has 1 unspecified atom stereocenters. The van der Waals surface area contributed by atoms with Gasteiger partial charge in [0, 0.05) is 19.2 Å². The first-order chi connectivity index (χ1) is 18.3. The first-order valence-corrected chi connectivity index (χ1v) is 14.2. The minimum atomic E-state index is -0.0647. The van der Waals surface area contributed by atoms with Gasteiger partial charge >= 0.3 is 0 Å². The van der Waals surface area contributed by atoms with Crippen LogP contribution in [0.4, 0.5) is 5.82 Å². The van der Waals surface area contributed by atoms with E-state index in [0.29, 0.717) is 23.5 Å². The van der Waals surface area contributed by atoms with Crippen LogP contribution >= 0.6 is 11.6 Å². The predicted octanol–water partition coefficient (Wildman–Crippen LogP) is 3.67. The molecule has 0 radical (unpaired) electrons. The molecule has 202 valence electrons. The lowest BCUT2D eigenvalue weighted by Gasteiger charge is -2.23. The molecule has 0 spiro atoms. The summed E-state index contributed by atoms with van der Waals surface area (Å²) in [7, 11) is 0. The number of nitrogens with zero attached hydrogens (tertiary/aromatic N) is 7. The third-order valence-corrected chi connectivity index (χ3v) is 7.36. The Hall–Kier alpha value is -2.34. The number of aromatic nitrogens is 7. The molecule has 1 saturated carbocycles. The standard InChI is InChI=1S/C25H39ClN10O/c26-25-31-23(22-24(32-25)36(18-30-22)21-10-4-5-15-37-21)29-16-20-17-35(34-33-20)14-7-12-27-11-6-13-28-19-8-2-1-3-9-19/h17-19,21,27-28H,1-16H2,(H,29,31,32). The summed E-state index contributed by atoms with van der Waals surface area (Å²) in [6, 6.07) is 0.746. The lowest BCUT2D eigenvalue weighted by molar-refractivity contribution is -0.0298. The molecule has 2 fully saturated rings. The Balaban J connectivity index is 1.03. The summed E-state index contributed by atoms with van der Waals surface area (Å²) in [6.45, 7) is 5.18. The zero-order valence-corrected chi connectivity index (χ0v) is 22.3. The Morgan fingerprint density at radius 2 is 1.86 bits per heavy atom. The number of hydrogen-bond acceptors (Lipinski definition) is 9. The average Bonchev–Trinajstić information content (AvgIpc) is 3.57. The summed E-state index contributed by atoms with van der Waals surface area (Å²) in [6.07, 6.45) is 15.9. The first kappa shape index (κ1) is 26.3. The van der Waals surface area contributed by atoms with Gasteiger partial charge in [-0.15, -0.1) is 5.10 Å². The number of halogens is 1. The molecule has 0 bridgehead atoms. The molecule has 0 aromatic carbocycles. The van der Waals surface area contributed by atoms with Gasteiger partial charge in [-0.1, -0.05) is 24.5 Å². The largest absolute Gasteiger partial charge is 0.362 e. The Bertz CT molecular complexity index is 1110. The predicted molar refractivity (Wildman–Crippen MR) is 144 cm³/mol. The van der Waals surface area contributed by atoms with Crippen LogP contribution in [-0.4, -0.2) is 66.8 Å². The van der Waals surface area contributed by atoms with E-state index in [1.54, 1.807) is 6.33 Å². The van der Waals surface area contributed by atoms with Crippen molar-refractivity contribution in [2.45, 2.75) is 89.6 Å². The maximum absolute atomic E-state index is 6.24. The maximum Gasteiger partial charge on any atom is 0.226 e. The molecule has 1 atom stereocenters. The summed E-state index contributed by atoms with van der Waals surface area (Å²) in [5.41, 5.74) is 2.18. The molecule has 11 nitrogen and oxygen atoms in total. The minimum absolute atomic E-state index is 0.0647. The van der Waals surface area contributed by atoms with E-state index in [4.69, 9.17) is 16.3 Å². The van der Waals surface area contributed by atoms with E-state index in [1.807, 2.05) is 15.4 Å². The van der Waals surface area contributed by atoms with Gasteiger partial charge in [-0.05, 0) is 76.2 Å². The van der Waals surface area contributed by atoms with E-state index in [9.17, 15) is 0 Å². The van der Waals surface area contributed by atoms with E-state index < -0.39 is 0 Å². The molecule has 4 heterocycles. The molecule has 1 aliphatic heterocycles. The number of aryl methyl sites for hydroxylation is 1. The highest BCUT2D eigenvalue weighted by atomic mass is 35.5. The molecule has 5 rings (SSSR count). The number of rotatable bonds is 13. The molecule has 0 amide bonds. The zero-order valence-electron chi connectivity index (χ0n) is 21.5. The summed E-state index contributed by atoms with van der Waals surface area (Å²) < 4.78 is 9.74. The molecule has 2 aliphatic rings. The van der Waals surface area contributed by atoms with E-state index in [2.05, 4.69) is 41.2 Å². The first-order valence-electron chi connectivity index (χ1n) is 13.8. The highest BCUT2D eigenvalue weighted by Crippen LogP contribution is 2.28. The van der Waals surface area contributed by atoms with E-state index in [0.717, 1.165) is 70.2 Å². The summed E-state index contributed by atoms with van der Waals surface area (Å²) in [5.74, 6) is 0.585. The van der Waals surface area contributed by atoms with Gasteiger partial charge in [-0.25, -0.2) is 4.98 Å². The van der Waals surface area contributed by atoms with Crippen molar-refractivity contribution in [2.24, 2.45) is 0 Å². The maximum atomic E-state index is 6.24. The third kappa shape index (κ3) is 7.37. The van der Waals surface area contributed by atoms with Crippen LogP contribution in [0.3, 0.4) is 0 Å². The van der Waals surface area contributed by atoms with E-state index in [-0.39, 0.29) is 11.5 Å². The Labute approximate surface area is 223 Å². The lowest BCUT2D eigenvalue weighted by atomic mass is 9.95. The van der Waals surface area contributed by atoms with Crippen molar-refractivity contribution in [3.8, 4) is 0 Å². The number of hydrogen-bond donors (Lipinski definition) is 3. The van der Waals surface area contributed by atoms with E-state index >= 15 is 0 Å². The van der Waals surface area contributed by atoms with Gasteiger partial charge in [0.25, 0.3) is 0 Å². The van der Waals surface area contributed by atoms with Crippen LogP contribution in [0.15, 0.2) is 12.5 Å². The molecule has 1 saturated heterocycles. The van der Waals surface area contributed by atoms with Gasteiger partial charge in [0.05, 0.1) is 19.1 Å². The molecule has 3 N–H and O–H groups in total. The minimum Gasteiger partial charge on any atom is -0.362 e. The van der Waals surface area contributed by atoms with Crippen LogP contribution in [0.25, 0.3) is 11.2 Å². The number of nitrogens with one attached hydrogen (secondary N) is 3. The number of ether oxygens (including phenoxy) is 1. The molecular formula is C25H39ClN10O. The van der Waals surface area contributed by atoms with Crippen LogP contribution in [0.1, 0.15) is 76.1 Å². The van der Waals surface area contributed by atoms with Gasteiger partial charge in [0.15, 0.2) is 17.0 Å². The Kier molecular flexibility index (Phi) is 9.55. The quantitative estimate of drug-likeness (QED) is 0.224. The van der Waals surface area contributed by atoms with Crippen LogP contribution < -0.4 is 16.0 Å². The van der Waals surface area contributed by atoms with Crippen molar-refractivity contribution in [2.75, 3.05) is 31.6 Å². The lowest BCUT2D eigenvalue weighted by Crippen LogP contribution is -2.33. The van der Waals surface area contributed by atoms with Crippen molar-refractivity contribution >= 4 is 28.6 Å². The van der Waals surface area contributed by atoms with Crippen molar-refractivity contribution in [1.29, 1.82) is 0 Å². The monoisotopic (exact) mass is 530 g/mol. The van der Waals surface area contributed by atoms with Crippen LogP contribution in [0, 0.1) is 0 Å². The van der Waals surface area contributed by atoms with E-state index in [1.165, 1.54) is 38.5 Å². The Morgan fingerprint density at radius 3 is 2.73 bits per heavy atom. The summed E-state index contributed by atoms with van der Waals surface area (Å²) >= 11 is 6.24. The van der Waals surface area contributed by atoms with Gasteiger partial charge in [-0.3, -0.25) is 9.25 Å². The third-order valence-electron chi connectivity index (χ3n) is 7.19. The molecular weight excluding hydrogens is 492 g/mol. The normalized spacial score (nSPS) is 19.0. The van der Waals surface area contributed by atoms with Gasteiger partial charge < -0.3 is 20.7 Å². The van der Waals surface area contributed by atoms with Crippen molar-refractivity contribution in [1.82, 2.24) is 45.1 Å². The average molecular weight is 531 g/mol. The van der Waals surface area contributed by atoms with Crippen LogP contribution in [-0.2, 0) is 17.8 Å². The van der Waals surface area contributed by atoms with Gasteiger partial charge in [0.1, 0.15) is 11.9 Å². The highest BCUT2D eigenvalue weighted by Gasteiger charge is 2.21. The molecule has 3 aromatic rings. The number of anilines is 1. The fourth-order valence-corrected chi connectivity index (χ4v) is 5.35. The molecule has 12 heteroatoms. The van der Waals surface area contributed by atoms with Crippen molar-refractivity contribution < 1.29 is 4.74 Å². The Morgan fingerprint density at radius 1 is 1.00 bits per heavy atom. The van der Waals surface area contributed by atoms with Crippen LogP contribution in [0.2, 0.25) is 5.28 Å². The zero-order chi connectivity index (χ0) is 25.3. The van der Waals surface area contributed by atoms with Crippen LogP contribution in [0.5, 0.6) is 0 Å². The fraction of sp³-hybridized carbons (Fsp3) is 0.720. The molecule has 1 aliphatic carbocycles. The van der Waals surface area contributed by atoms with Crippen molar-refractivity contribution in [3.05, 3.63) is 23.5 Å². The summed E-state index contributed by atoms with van der Waals surface area (Å²) in [5, 5.41) is 19.3. The SMILES string of the molecule is Clc1nc(NCc2cn(CCCNCCCNC3CCCCC3)nn2)c2ncn(C3CCCCO3)c2n1. The number of fused-ring (bicyclic) bond motifs is 1. The smallest absolute Gasteiger partial charge is 0.226 e. The summed E-state index contributed by atoms with van der Waals surface area (Å²) in [4.78, 5) is 13.3. The second kappa shape index (κ2) is 13.5. The topological polar surface area (TPSA) is 120 Å². The molecule has 37 heavy (non-hydrogen) atoms. The van der Waals surface area contributed by atoms with Gasteiger partial charge in [-0.2, -0.15) is 9.97 Å². The van der Waals surface area contributed by atoms with Gasteiger partial charge in [0.2, 0.25) is 5.28 Å². The second-order valence-electron chi connectivity index (χ2n) is 10.1. The fourth-order valence-electron chi connectivity index (χ4n) is 5.19. The highest BCUT2D eigenvalue weighted by molar-refractivity contribution is 6.28. The molecule has 3 aromatic heterocycles. The van der Waals surface area contributed by atoms with Crippen molar-refractivity contribution in [3.63, 3.8) is 0 Å². The second-order valence-corrected chi connectivity index (χ2v) is 10.4. The number of imidazole rings is 1.